The van der Waals surface area contributed by atoms with Gasteiger partial charge in [0.05, 0.1) is 11.0 Å². The number of carbonyl (C=O) groups excluding carboxylic acids is 2. The average Bonchev–Trinajstić information content (AvgIpc) is 3.39. The SMILES string of the molecule is CCC/C=C1\OC(=O)C2=C(c3cccc(O)c3)[C@@H]3CC[C@@]21[C@H]1C2=C(CC[C@@H]31)C(=CC[C@H](C)CO)OC2=O. The van der Waals surface area contributed by atoms with E-state index in [1.54, 1.807) is 12.1 Å². The first kappa shape index (κ1) is 24.2. The van der Waals surface area contributed by atoms with E-state index in [1.165, 1.54) is 0 Å². The van der Waals surface area contributed by atoms with Crippen molar-refractivity contribution < 1.29 is 29.3 Å². The van der Waals surface area contributed by atoms with Gasteiger partial charge in [-0.2, -0.15) is 0 Å². The maximum Gasteiger partial charge on any atom is 0.340 e. The topological polar surface area (TPSA) is 93.1 Å². The third kappa shape index (κ3) is 3.48. The molecule has 6 heteroatoms. The number of rotatable bonds is 6. The van der Waals surface area contributed by atoms with Crippen molar-refractivity contribution in [2.75, 3.05) is 6.61 Å². The van der Waals surface area contributed by atoms with Crippen molar-refractivity contribution in [3.05, 3.63) is 70.2 Å². The lowest BCUT2D eigenvalue weighted by Crippen LogP contribution is -2.52. The normalized spacial score (nSPS) is 33.0. The van der Waals surface area contributed by atoms with Gasteiger partial charge in [-0.3, -0.25) is 0 Å². The number of ether oxygens (including phenoxy) is 2. The summed E-state index contributed by atoms with van der Waals surface area (Å²) in [4.78, 5) is 27.1. The summed E-state index contributed by atoms with van der Waals surface area (Å²) in [5.74, 6) is 1.05. The highest BCUT2D eigenvalue weighted by molar-refractivity contribution is 6.06. The minimum atomic E-state index is -0.694. The number of cyclic esters (lactones) is 2. The van der Waals surface area contributed by atoms with Gasteiger partial charge in [-0.1, -0.05) is 32.4 Å². The molecule has 2 heterocycles. The molecule has 0 aromatic heterocycles. The van der Waals surface area contributed by atoms with Crippen molar-refractivity contribution in [2.24, 2.45) is 29.1 Å². The first-order valence-electron chi connectivity index (χ1n) is 13.6. The molecule has 1 aromatic rings. The Morgan fingerprint density at radius 3 is 2.73 bits per heavy atom. The zero-order chi connectivity index (χ0) is 25.9. The number of aliphatic hydroxyl groups is 1. The molecule has 5 atom stereocenters. The molecule has 7 rings (SSSR count). The highest BCUT2D eigenvalue weighted by Gasteiger charge is 2.68. The number of phenols is 1. The Morgan fingerprint density at radius 2 is 1.97 bits per heavy atom. The number of esters is 2. The standard InChI is InChI=1S/C31H34O6/c1-3-4-8-24-31-14-13-20(25(28(31)30(35)37-24)18-6-5-7-19(33)15-18)21-10-11-22-23(12-9-17(2)16-32)36-29(34)26(22)27(21)31/h5-8,12,15,17,20-21,27,32-33H,3-4,9-11,13-14,16H2,1-2H3/b23-12?,24-8-/t17-,20+,21-,27+,31+/m0/s1. The van der Waals surface area contributed by atoms with Gasteiger partial charge in [0, 0.05) is 23.7 Å². The summed E-state index contributed by atoms with van der Waals surface area (Å²) >= 11 is 0. The molecule has 2 N–H and O–H groups in total. The Balaban J connectivity index is 1.56. The molecule has 6 aliphatic rings. The minimum absolute atomic E-state index is 0.0795. The summed E-state index contributed by atoms with van der Waals surface area (Å²) in [6, 6.07) is 7.17. The van der Waals surface area contributed by atoms with Gasteiger partial charge < -0.3 is 19.7 Å². The van der Waals surface area contributed by atoms with E-state index in [4.69, 9.17) is 9.47 Å². The third-order valence-corrected chi connectivity index (χ3v) is 9.13. The second kappa shape index (κ2) is 9.02. The maximum atomic E-state index is 13.6. The monoisotopic (exact) mass is 502 g/mol. The average molecular weight is 503 g/mol. The zero-order valence-electron chi connectivity index (χ0n) is 21.5. The maximum absolute atomic E-state index is 13.6. The van der Waals surface area contributed by atoms with E-state index >= 15 is 0 Å². The molecule has 4 aliphatic carbocycles. The molecule has 1 aromatic carbocycles. The molecule has 194 valence electrons. The van der Waals surface area contributed by atoms with E-state index < -0.39 is 5.41 Å². The number of carbonyl (C=O) groups is 2. The predicted molar refractivity (Wildman–Crippen MR) is 138 cm³/mol. The fourth-order valence-electron chi connectivity index (χ4n) is 7.61. The predicted octanol–water partition coefficient (Wildman–Crippen LogP) is 5.58. The van der Waals surface area contributed by atoms with Crippen LogP contribution in [-0.2, 0) is 19.1 Å². The molecule has 1 saturated carbocycles. The first-order valence-corrected chi connectivity index (χ1v) is 13.6. The number of phenolic OH excluding ortho intramolecular Hbond substituents is 1. The van der Waals surface area contributed by atoms with Crippen molar-refractivity contribution in [2.45, 2.75) is 58.8 Å². The molecule has 37 heavy (non-hydrogen) atoms. The van der Waals surface area contributed by atoms with E-state index in [9.17, 15) is 19.8 Å². The third-order valence-electron chi connectivity index (χ3n) is 9.13. The summed E-state index contributed by atoms with van der Waals surface area (Å²) in [7, 11) is 0. The molecule has 1 spiro atoms. The van der Waals surface area contributed by atoms with Crippen LogP contribution in [0, 0.1) is 29.1 Å². The lowest BCUT2D eigenvalue weighted by Gasteiger charge is -2.56. The number of allylic oxidation sites excluding steroid dienone is 5. The van der Waals surface area contributed by atoms with Crippen LogP contribution in [0.4, 0.5) is 0 Å². The number of benzene rings is 1. The Morgan fingerprint density at radius 1 is 1.14 bits per heavy atom. The zero-order valence-corrected chi connectivity index (χ0v) is 21.5. The van der Waals surface area contributed by atoms with E-state index in [0.717, 1.165) is 60.8 Å². The molecule has 0 radical (unpaired) electrons. The van der Waals surface area contributed by atoms with Crippen LogP contribution in [0.5, 0.6) is 5.75 Å². The number of unbranched alkanes of at least 4 members (excludes halogenated alkanes) is 1. The van der Waals surface area contributed by atoms with E-state index in [0.29, 0.717) is 23.5 Å². The molecule has 2 fully saturated rings. The highest BCUT2D eigenvalue weighted by Crippen LogP contribution is 2.71. The van der Waals surface area contributed by atoms with Gasteiger partial charge in [0.25, 0.3) is 0 Å². The van der Waals surface area contributed by atoms with Crippen LogP contribution in [0.15, 0.2) is 64.7 Å². The second-order valence-electron chi connectivity index (χ2n) is 11.3. The molecule has 2 aliphatic heterocycles. The Hall–Kier alpha value is -3.12. The van der Waals surface area contributed by atoms with Crippen molar-refractivity contribution in [3.63, 3.8) is 0 Å². The smallest absolute Gasteiger partial charge is 0.340 e. The fourth-order valence-corrected chi connectivity index (χ4v) is 7.61. The molecule has 2 bridgehead atoms. The summed E-state index contributed by atoms with van der Waals surface area (Å²) in [6.07, 6.45) is 9.66. The summed E-state index contributed by atoms with van der Waals surface area (Å²) in [6.45, 7) is 4.14. The van der Waals surface area contributed by atoms with E-state index in [2.05, 4.69) is 13.0 Å². The van der Waals surface area contributed by atoms with Crippen LogP contribution >= 0.6 is 0 Å². The van der Waals surface area contributed by atoms with Gasteiger partial charge in [0.2, 0.25) is 0 Å². The largest absolute Gasteiger partial charge is 0.508 e. The van der Waals surface area contributed by atoms with Crippen LogP contribution < -0.4 is 0 Å². The summed E-state index contributed by atoms with van der Waals surface area (Å²) in [5, 5.41) is 19.7. The quantitative estimate of drug-likeness (QED) is 0.494. The van der Waals surface area contributed by atoms with Gasteiger partial charge in [-0.15, -0.1) is 0 Å². The number of aromatic hydroxyl groups is 1. The van der Waals surface area contributed by atoms with Gasteiger partial charge in [-0.05, 0) is 91.7 Å². The molecule has 0 unspecified atom stereocenters. The number of fused-ring (bicyclic) bond motifs is 1. The summed E-state index contributed by atoms with van der Waals surface area (Å²) < 4.78 is 11.9. The van der Waals surface area contributed by atoms with E-state index in [-0.39, 0.29) is 48.0 Å². The minimum Gasteiger partial charge on any atom is -0.508 e. The Kier molecular flexibility index (Phi) is 5.90. The van der Waals surface area contributed by atoms with Crippen molar-refractivity contribution in [3.8, 4) is 5.75 Å². The number of hydrogen-bond acceptors (Lipinski definition) is 6. The molecule has 6 nitrogen and oxygen atoms in total. The van der Waals surface area contributed by atoms with Crippen molar-refractivity contribution >= 4 is 17.5 Å². The fraction of sp³-hybridized carbons (Fsp3) is 0.484. The molecular weight excluding hydrogens is 468 g/mol. The van der Waals surface area contributed by atoms with E-state index in [1.807, 2.05) is 25.1 Å². The lowest BCUT2D eigenvalue weighted by atomic mass is 9.44. The van der Waals surface area contributed by atoms with Crippen molar-refractivity contribution in [1.82, 2.24) is 0 Å². The van der Waals surface area contributed by atoms with Crippen LogP contribution in [0.1, 0.15) is 64.4 Å². The van der Waals surface area contributed by atoms with Gasteiger partial charge >= 0.3 is 11.9 Å². The van der Waals surface area contributed by atoms with Crippen LogP contribution in [0.3, 0.4) is 0 Å². The van der Waals surface area contributed by atoms with Crippen LogP contribution in [0.25, 0.3) is 5.57 Å². The van der Waals surface area contributed by atoms with Gasteiger partial charge in [-0.25, -0.2) is 9.59 Å². The van der Waals surface area contributed by atoms with Gasteiger partial charge in [0.1, 0.15) is 17.3 Å². The first-order chi connectivity index (χ1) is 17.9. The summed E-state index contributed by atoms with van der Waals surface area (Å²) in [5.41, 5.74) is 3.51. The lowest BCUT2D eigenvalue weighted by molar-refractivity contribution is -0.135. The number of aliphatic hydroxyl groups excluding tert-OH is 1. The number of hydrogen-bond donors (Lipinski definition) is 2. The van der Waals surface area contributed by atoms with Gasteiger partial charge in [0.15, 0.2) is 0 Å². The highest BCUT2D eigenvalue weighted by atomic mass is 16.5. The molecule has 1 saturated heterocycles. The van der Waals surface area contributed by atoms with Crippen molar-refractivity contribution in [1.29, 1.82) is 0 Å². The molecular formula is C31H34O6. The van der Waals surface area contributed by atoms with Crippen LogP contribution in [0.2, 0.25) is 0 Å². The van der Waals surface area contributed by atoms with Crippen LogP contribution in [-0.4, -0.2) is 28.8 Å². The molecule has 0 amide bonds. The Labute approximate surface area is 217 Å². The second-order valence-corrected chi connectivity index (χ2v) is 11.3. The Bertz CT molecular complexity index is 1300.